The molecule has 2 aromatic carbocycles. The van der Waals surface area contributed by atoms with Crippen LogP contribution >= 0.6 is 11.6 Å². The normalized spacial score (nSPS) is 10.2. The fourth-order valence-corrected chi connectivity index (χ4v) is 1.85. The number of nitrogens with one attached hydrogen (secondary N) is 1. The molecule has 2 rings (SSSR count). The van der Waals surface area contributed by atoms with Gasteiger partial charge >= 0.3 is 0 Å². The lowest BCUT2D eigenvalue weighted by atomic mass is 10.2. The topological polar surface area (TPSA) is 58.6 Å². The van der Waals surface area contributed by atoms with Crippen LogP contribution in [0.5, 0.6) is 5.75 Å². The van der Waals surface area contributed by atoms with Gasteiger partial charge in [0, 0.05) is 5.69 Å². The summed E-state index contributed by atoms with van der Waals surface area (Å²) in [5.41, 5.74) is 1.34. The highest BCUT2D eigenvalue weighted by Crippen LogP contribution is 2.24. The Morgan fingerprint density at radius 1 is 1.24 bits per heavy atom. The van der Waals surface area contributed by atoms with Gasteiger partial charge in [-0.3, -0.25) is 4.79 Å². The molecule has 0 saturated carbocycles. The van der Waals surface area contributed by atoms with Crippen molar-refractivity contribution in [2.45, 2.75) is 6.61 Å². The highest BCUT2D eigenvalue weighted by Gasteiger charge is 2.07. The average molecular weight is 310 g/mol. The minimum absolute atomic E-state index is 0.0552. The van der Waals surface area contributed by atoms with Gasteiger partial charge in [-0.1, -0.05) is 23.7 Å². The molecule has 2 N–H and O–H groups in total. The Kier molecular flexibility index (Phi) is 5.14. The number of carbonyl (C=O) groups excluding carboxylic acids is 1. The maximum atomic E-state index is 12.9. The number of benzene rings is 2. The highest BCUT2D eigenvalue weighted by molar-refractivity contribution is 6.32. The van der Waals surface area contributed by atoms with Gasteiger partial charge < -0.3 is 15.2 Å². The third kappa shape index (κ3) is 4.44. The number of hydrogen-bond acceptors (Lipinski definition) is 3. The Labute approximate surface area is 126 Å². The molecule has 0 heterocycles. The van der Waals surface area contributed by atoms with Crippen LogP contribution in [0.15, 0.2) is 42.5 Å². The van der Waals surface area contributed by atoms with E-state index in [2.05, 4.69) is 5.32 Å². The van der Waals surface area contributed by atoms with Crippen molar-refractivity contribution in [1.82, 2.24) is 0 Å². The minimum Gasteiger partial charge on any atom is -0.482 e. The lowest BCUT2D eigenvalue weighted by Gasteiger charge is -2.09. The smallest absolute Gasteiger partial charge is 0.262 e. The lowest BCUT2D eigenvalue weighted by Crippen LogP contribution is -2.20. The summed E-state index contributed by atoms with van der Waals surface area (Å²) in [6.07, 6.45) is 0. The molecule has 4 nitrogen and oxygen atoms in total. The molecule has 6 heteroatoms. The largest absolute Gasteiger partial charge is 0.482 e. The average Bonchev–Trinajstić information content (AvgIpc) is 2.47. The summed E-state index contributed by atoms with van der Waals surface area (Å²) in [6.45, 7) is -0.298. The molecule has 0 aromatic heterocycles. The predicted molar refractivity (Wildman–Crippen MR) is 77.9 cm³/mol. The van der Waals surface area contributed by atoms with E-state index >= 15 is 0 Å². The number of ether oxygens (including phenoxy) is 1. The molecule has 0 unspecified atom stereocenters. The quantitative estimate of drug-likeness (QED) is 0.892. The van der Waals surface area contributed by atoms with E-state index in [1.165, 1.54) is 12.1 Å². The van der Waals surface area contributed by atoms with E-state index < -0.39 is 5.82 Å². The number of halogens is 2. The van der Waals surface area contributed by atoms with E-state index in [9.17, 15) is 9.18 Å². The molecule has 0 atom stereocenters. The summed E-state index contributed by atoms with van der Waals surface area (Å²) in [4.78, 5) is 11.7. The Hall–Kier alpha value is -2.11. The maximum absolute atomic E-state index is 12.9. The Bertz CT molecular complexity index is 631. The van der Waals surface area contributed by atoms with Crippen LogP contribution in [-0.2, 0) is 11.4 Å². The van der Waals surface area contributed by atoms with Gasteiger partial charge in [-0.15, -0.1) is 0 Å². The van der Waals surface area contributed by atoms with E-state index in [1.54, 1.807) is 24.3 Å². The van der Waals surface area contributed by atoms with Crippen LogP contribution < -0.4 is 10.1 Å². The first kappa shape index (κ1) is 15.3. The maximum Gasteiger partial charge on any atom is 0.262 e. The third-order valence-corrected chi connectivity index (χ3v) is 2.97. The first-order valence-corrected chi connectivity index (χ1v) is 6.54. The summed E-state index contributed by atoms with van der Waals surface area (Å²) in [5.74, 6) is -0.600. The molecule has 0 bridgehead atoms. The first-order chi connectivity index (χ1) is 10.1. The molecule has 0 radical (unpaired) electrons. The first-order valence-electron chi connectivity index (χ1n) is 6.16. The zero-order chi connectivity index (χ0) is 15.2. The Morgan fingerprint density at radius 2 is 1.95 bits per heavy atom. The van der Waals surface area contributed by atoms with Crippen molar-refractivity contribution >= 4 is 23.2 Å². The molecule has 0 aliphatic heterocycles. The van der Waals surface area contributed by atoms with Crippen LogP contribution in [0.4, 0.5) is 10.1 Å². The standard InChI is InChI=1S/C15H13ClFNO3/c16-13-7-11(17)3-6-14(13)21-9-15(20)18-12-4-1-10(8-19)2-5-12/h1-7,19H,8-9H2,(H,18,20). The van der Waals surface area contributed by atoms with E-state index in [1.807, 2.05) is 0 Å². The molecule has 0 spiro atoms. The third-order valence-electron chi connectivity index (χ3n) is 2.67. The summed E-state index contributed by atoms with van der Waals surface area (Å²) in [7, 11) is 0. The zero-order valence-corrected chi connectivity index (χ0v) is 11.7. The summed E-state index contributed by atoms with van der Waals surface area (Å²) < 4.78 is 18.1. The van der Waals surface area contributed by atoms with Crippen molar-refractivity contribution in [1.29, 1.82) is 0 Å². The second-order valence-corrected chi connectivity index (χ2v) is 4.67. The van der Waals surface area contributed by atoms with E-state index in [4.69, 9.17) is 21.4 Å². The SMILES string of the molecule is O=C(COc1ccc(F)cc1Cl)Nc1ccc(CO)cc1. The van der Waals surface area contributed by atoms with Crippen molar-refractivity contribution in [3.05, 3.63) is 58.9 Å². The minimum atomic E-state index is -0.472. The van der Waals surface area contributed by atoms with Crippen LogP contribution in [0, 0.1) is 5.82 Å². The van der Waals surface area contributed by atoms with Gasteiger partial charge in [0.05, 0.1) is 11.6 Å². The van der Waals surface area contributed by atoms with Crippen molar-refractivity contribution in [3.63, 3.8) is 0 Å². The van der Waals surface area contributed by atoms with Gasteiger partial charge in [-0.25, -0.2) is 4.39 Å². The van der Waals surface area contributed by atoms with Crippen LogP contribution in [0.1, 0.15) is 5.56 Å². The number of amides is 1. The summed E-state index contributed by atoms with van der Waals surface area (Å²) >= 11 is 5.79. The van der Waals surface area contributed by atoms with Gasteiger partial charge in [0.2, 0.25) is 0 Å². The molecular formula is C15H13ClFNO3. The molecule has 21 heavy (non-hydrogen) atoms. The number of rotatable bonds is 5. The number of hydrogen-bond donors (Lipinski definition) is 2. The van der Waals surface area contributed by atoms with Crippen LogP contribution in [0.2, 0.25) is 5.02 Å². The monoisotopic (exact) mass is 309 g/mol. The van der Waals surface area contributed by atoms with Crippen LogP contribution in [0.25, 0.3) is 0 Å². The fourth-order valence-electron chi connectivity index (χ4n) is 1.63. The number of aliphatic hydroxyl groups is 1. The molecule has 0 fully saturated rings. The molecule has 0 aliphatic rings. The van der Waals surface area contributed by atoms with E-state index in [-0.39, 0.29) is 29.9 Å². The van der Waals surface area contributed by atoms with Gasteiger partial charge in [-0.2, -0.15) is 0 Å². The lowest BCUT2D eigenvalue weighted by molar-refractivity contribution is -0.118. The fraction of sp³-hybridized carbons (Fsp3) is 0.133. The molecular weight excluding hydrogens is 297 g/mol. The van der Waals surface area contributed by atoms with Crippen molar-refractivity contribution in [2.75, 3.05) is 11.9 Å². The number of carbonyl (C=O) groups is 1. The Balaban J connectivity index is 1.89. The second kappa shape index (κ2) is 7.06. The summed E-state index contributed by atoms with van der Waals surface area (Å²) in [5, 5.41) is 11.7. The van der Waals surface area contributed by atoms with Crippen molar-refractivity contribution in [3.8, 4) is 5.75 Å². The number of anilines is 1. The number of aliphatic hydroxyl groups excluding tert-OH is 1. The van der Waals surface area contributed by atoms with E-state index in [0.717, 1.165) is 11.6 Å². The van der Waals surface area contributed by atoms with Gasteiger partial charge in [0.1, 0.15) is 11.6 Å². The predicted octanol–water partition coefficient (Wildman–Crippen LogP) is 2.99. The van der Waals surface area contributed by atoms with E-state index in [0.29, 0.717) is 5.69 Å². The summed E-state index contributed by atoms with van der Waals surface area (Å²) in [6, 6.07) is 10.4. The van der Waals surface area contributed by atoms with Gasteiger partial charge in [-0.05, 0) is 35.9 Å². The molecule has 1 amide bonds. The van der Waals surface area contributed by atoms with Gasteiger partial charge in [0.15, 0.2) is 6.61 Å². The van der Waals surface area contributed by atoms with Crippen LogP contribution in [0.3, 0.4) is 0 Å². The van der Waals surface area contributed by atoms with Gasteiger partial charge in [0.25, 0.3) is 5.91 Å². The van der Waals surface area contributed by atoms with Crippen LogP contribution in [-0.4, -0.2) is 17.6 Å². The van der Waals surface area contributed by atoms with Crippen molar-refractivity contribution < 1.29 is 19.0 Å². The highest BCUT2D eigenvalue weighted by atomic mass is 35.5. The Morgan fingerprint density at radius 3 is 2.57 bits per heavy atom. The molecule has 110 valence electrons. The molecule has 0 saturated heterocycles. The second-order valence-electron chi connectivity index (χ2n) is 4.27. The van der Waals surface area contributed by atoms with Crippen molar-refractivity contribution in [2.24, 2.45) is 0 Å². The zero-order valence-electron chi connectivity index (χ0n) is 11.0. The molecule has 2 aromatic rings. The molecule has 0 aliphatic carbocycles.